The molecule has 7 nitrogen and oxygen atoms in total. The van der Waals surface area contributed by atoms with Crippen LogP contribution >= 0.6 is 0 Å². The van der Waals surface area contributed by atoms with Gasteiger partial charge in [0, 0.05) is 38.2 Å². The van der Waals surface area contributed by atoms with Crippen molar-refractivity contribution < 1.29 is 18.0 Å². The standard InChI is InChI=1S/C22H25F2N5O2/c1-14(2)20(25-22(30)15-7-11-31-13-15)21-27-26-19-6-8-28(9-10-29(19)21)12-16-17(23)4-3-5-18(16)24/h3-5,7,11,13-14,20H,6,8-10,12H2,1-2H3,(H,25,30)/t20-/m0/s1. The maximum Gasteiger partial charge on any atom is 0.255 e. The number of halogens is 2. The molecule has 1 amide bonds. The molecule has 31 heavy (non-hydrogen) atoms. The minimum atomic E-state index is -0.536. The summed E-state index contributed by atoms with van der Waals surface area (Å²) in [7, 11) is 0. The lowest BCUT2D eigenvalue weighted by atomic mass is 10.0. The van der Waals surface area contributed by atoms with E-state index in [-0.39, 0.29) is 30.0 Å². The lowest BCUT2D eigenvalue weighted by Crippen LogP contribution is -2.34. The first kappa shape index (κ1) is 21.2. The Kier molecular flexibility index (Phi) is 6.13. The van der Waals surface area contributed by atoms with Gasteiger partial charge in [0.25, 0.3) is 5.91 Å². The van der Waals surface area contributed by atoms with Gasteiger partial charge in [0.05, 0.1) is 17.9 Å². The summed E-state index contributed by atoms with van der Waals surface area (Å²) in [6.07, 6.45) is 3.45. The third-order valence-corrected chi connectivity index (χ3v) is 5.61. The minimum absolute atomic E-state index is 0.0767. The Hall–Kier alpha value is -3.07. The number of hydrogen-bond donors (Lipinski definition) is 1. The van der Waals surface area contributed by atoms with Gasteiger partial charge in [-0.05, 0) is 24.1 Å². The third kappa shape index (κ3) is 4.51. The van der Waals surface area contributed by atoms with Crippen LogP contribution in [0.4, 0.5) is 8.78 Å². The summed E-state index contributed by atoms with van der Waals surface area (Å²) in [5.74, 6) is 0.249. The predicted molar refractivity (Wildman–Crippen MR) is 109 cm³/mol. The number of furan rings is 1. The number of rotatable bonds is 6. The summed E-state index contributed by atoms with van der Waals surface area (Å²) in [5, 5.41) is 11.7. The smallest absolute Gasteiger partial charge is 0.255 e. The fraction of sp³-hybridized carbons (Fsp3) is 0.409. The van der Waals surface area contributed by atoms with Crippen molar-refractivity contribution in [2.45, 2.75) is 39.4 Å². The van der Waals surface area contributed by atoms with Crippen LogP contribution in [-0.4, -0.2) is 38.7 Å². The van der Waals surface area contributed by atoms with Gasteiger partial charge < -0.3 is 14.3 Å². The summed E-state index contributed by atoms with van der Waals surface area (Å²) in [6.45, 7) is 5.97. The van der Waals surface area contributed by atoms with Gasteiger partial charge in [-0.2, -0.15) is 0 Å². The van der Waals surface area contributed by atoms with Crippen molar-refractivity contribution in [1.82, 2.24) is 25.0 Å². The van der Waals surface area contributed by atoms with E-state index in [1.807, 2.05) is 23.3 Å². The first-order valence-electron chi connectivity index (χ1n) is 10.3. The van der Waals surface area contributed by atoms with Crippen LogP contribution in [0.1, 0.15) is 47.5 Å². The molecule has 1 aliphatic rings. The lowest BCUT2D eigenvalue weighted by molar-refractivity contribution is 0.0921. The first-order valence-corrected chi connectivity index (χ1v) is 10.3. The van der Waals surface area contributed by atoms with Gasteiger partial charge in [-0.3, -0.25) is 9.69 Å². The number of amides is 1. The van der Waals surface area contributed by atoms with E-state index in [0.717, 1.165) is 5.82 Å². The number of benzene rings is 1. The molecule has 0 aliphatic carbocycles. The highest BCUT2D eigenvalue weighted by atomic mass is 19.1. The van der Waals surface area contributed by atoms with Crippen molar-refractivity contribution >= 4 is 5.91 Å². The molecule has 2 aromatic heterocycles. The number of fused-ring (bicyclic) bond motifs is 1. The molecule has 3 heterocycles. The average molecular weight is 429 g/mol. The van der Waals surface area contributed by atoms with E-state index in [9.17, 15) is 13.6 Å². The number of aromatic nitrogens is 3. The van der Waals surface area contributed by atoms with E-state index in [1.54, 1.807) is 6.07 Å². The van der Waals surface area contributed by atoms with Crippen LogP contribution in [0.15, 0.2) is 41.2 Å². The molecule has 9 heteroatoms. The van der Waals surface area contributed by atoms with Gasteiger partial charge in [-0.15, -0.1) is 10.2 Å². The summed E-state index contributed by atoms with van der Waals surface area (Å²) >= 11 is 0. The van der Waals surface area contributed by atoms with Crippen molar-refractivity contribution in [3.63, 3.8) is 0 Å². The van der Waals surface area contributed by atoms with Crippen molar-refractivity contribution in [3.8, 4) is 0 Å². The first-order chi connectivity index (χ1) is 14.9. The fourth-order valence-corrected chi connectivity index (χ4v) is 3.83. The quantitative estimate of drug-likeness (QED) is 0.651. The van der Waals surface area contributed by atoms with Crippen LogP contribution in [0, 0.1) is 17.6 Å². The summed E-state index contributed by atoms with van der Waals surface area (Å²) in [6, 6.07) is 5.20. The summed E-state index contributed by atoms with van der Waals surface area (Å²) < 4.78 is 35.1. The van der Waals surface area contributed by atoms with Gasteiger partial charge in [0.1, 0.15) is 23.7 Å². The number of carbonyl (C=O) groups excluding carboxylic acids is 1. The van der Waals surface area contributed by atoms with Crippen LogP contribution in [0.3, 0.4) is 0 Å². The van der Waals surface area contributed by atoms with E-state index in [2.05, 4.69) is 15.5 Å². The number of nitrogens with one attached hydrogen (secondary N) is 1. The molecule has 1 aliphatic heterocycles. The highest BCUT2D eigenvalue weighted by Crippen LogP contribution is 2.24. The van der Waals surface area contributed by atoms with Crippen LogP contribution in [0.2, 0.25) is 0 Å². The normalized spacial score (nSPS) is 15.5. The summed E-state index contributed by atoms with van der Waals surface area (Å²) in [4.78, 5) is 14.6. The van der Waals surface area contributed by atoms with Gasteiger partial charge in [-0.25, -0.2) is 8.78 Å². The topological polar surface area (TPSA) is 76.2 Å². The van der Waals surface area contributed by atoms with E-state index >= 15 is 0 Å². The number of hydrogen-bond acceptors (Lipinski definition) is 5. The molecule has 0 unspecified atom stereocenters. The highest BCUT2D eigenvalue weighted by molar-refractivity contribution is 5.94. The van der Waals surface area contributed by atoms with E-state index in [0.29, 0.717) is 37.4 Å². The third-order valence-electron chi connectivity index (χ3n) is 5.61. The zero-order valence-corrected chi connectivity index (χ0v) is 17.5. The summed E-state index contributed by atoms with van der Waals surface area (Å²) in [5.41, 5.74) is 0.521. The fourth-order valence-electron chi connectivity index (χ4n) is 3.83. The average Bonchev–Trinajstić information content (AvgIpc) is 3.36. The van der Waals surface area contributed by atoms with Crippen LogP contribution in [0.25, 0.3) is 0 Å². The Balaban J connectivity index is 1.50. The zero-order chi connectivity index (χ0) is 22.0. The van der Waals surface area contributed by atoms with Crippen molar-refractivity contribution in [2.75, 3.05) is 13.1 Å². The van der Waals surface area contributed by atoms with E-state index in [4.69, 9.17) is 4.42 Å². The SMILES string of the molecule is CC(C)[C@H](NC(=O)c1ccoc1)c1nnc2n1CCN(Cc1c(F)cccc1F)CC2. The molecule has 4 rings (SSSR count). The molecular weight excluding hydrogens is 404 g/mol. The molecular formula is C22H25F2N5O2. The van der Waals surface area contributed by atoms with Gasteiger partial charge in [0.15, 0.2) is 5.82 Å². The second kappa shape index (κ2) is 8.97. The number of nitrogens with zero attached hydrogens (tertiary/aromatic N) is 4. The molecule has 1 atom stereocenters. The Morgan fingerprint density at radius 1 is 1.16 bits per heavy atom. The van der Waals surface area contributed by atoms with Crippen LogP contribution < -0.4 is 5.32 Å². The molecule has 164 valence electrons. The maximum absolute atomic E-state index is 14.1. The zero-order valence-electron chi connectivity index (χ0n) is 17.5. The molecule has 0 bridgehead atoms. The van der Waals surface area contributed by atoms with E-state index in [1.165, 1.54) is 30.7 Å². The predicted octanol–water partition coefficient (Wildman–Crippen LogP) is 3.33. The van der Waals surface area contributed by atoms with Gasteiger partial charge >= 0.3 is 0 Å². The monoisotopic (exact) mass is 429 g/mol. The number of carbonyl (C=O) groups is 1. The molecule has 0 saturated carbocycles. The lowest BCUT2D eigenvalue weighted by Gasteiger charge is -2.23. The molecule has 0 saturated heterocycles. The maximum atomic E-state index is 14.1. The molecule has 0 spiro atoms. The molecule has 3 aromatic rings. The molecule has 1 aromatic carbocycles. The molecule has 0 fully saturated rings. The van der Waals surface area contributed by atoms with Gasteiger partial charge in [0.2, 0.25) is 0 Å². The molecule has 0 radical (unpaired) electrons. The highest BCUT2D eigenvalue weighted by Gasteiger charge is 2.28. The Morgan fingerprint density at radius 2 is 1.94 bits per heavy atom. The Morgan fingerprint density at radius 3 is 2.61 bits per heavy atom. The van der Waals surface area contributed by atoms with Crippen molar-refractivity contribution in [3.05, 3.63) is 71.2 Å². The Bertz CT molecular complexity index is 1030. The molecule has 1 N–H and O–H groups in total. The van der Waals surface area contributed by atoms with Gasteiger partial charge in [-0.1, -0.05) is 19.9 Å². The minimum Gasteiger partial charge on any atom is -0.472 e. The largest absolute Gasteiger partial charge is 0.472 e. The Labute approximate surface area is 179 Å². The van der Waals surface area contributed by atoms with Crippen molar-refractivity contribution in [1.29, 1.82) is 0 Å². The second-order valence-corrected chi connectivity index (χ2v) is 8.06. The second-order valence-electron chi connectivity index (χ2n) is 8.06. The van der Waals surface area contributed by atoms with Crippen LogP contribution in [-0.2, 0) is 19.5 Å². The van der Waals surface area contributed by atoms with E-state index < -0.39 is 11.6 Å². The van der Waals surface area contributed by atoms with Crippen LogP contribution in [0.5, 0.6) is 0 Å². The van der Waals surface area contributed by atoms with Crippen molar-refractivity contribution in [2.24, 2.45) is 5.92 Å².